The second-order valence-electron chi connectivity index (χ2n) is 30.9. The van der Waals surface area contributed by atoms with Crippen LogP contribution in [0.5, 0.6) is 0 Å². The topological polar surface area (TPSA) is 9.23 Å². The van der Waals surface area contributed by atoms with Gasteiger partial charge in [-0.2, -0.15) is 0 Å². The van der Waals surface area contributed by atoms with Crippen LogP contribution in [0, 0.1) is 47.3 Å². The SMILES string of the molecule is Cc1ccc2c(c1)C1(C)CC(c3ccc4c(c3)CC3(C)CC(C)(C4)C(C)C3[Si])C([Si](C)(C)O[Si](C)(C)C3CC4(C)CC(C)(CC3c3ccc5c(c3)CC3(C)C([Si])C(C)C3(C)C5)c3cc(C)ccc34)CC2(C)C1. The van der Waals surface area contributed by atoms with Crippen molar-refractivity contribution in [2.24, 2.45) is 33.5 Å². The Kier molecular flexibility index (Phi) is 11.0. The van der Waals surface area contributed by atoms with Gasteiger partial charge in [-0.15, -0.1) is 0 Å². The minimum absolute atomic E-state index is 0.124. The van der Waals surface area contributed by atoms with Gasteiger partial charge in [-0.1, -0.05) is 153 Å². The van der Waals surface area contributed by atoms with Crippen LogP contribution in [0.3, 0.4) is 0 Å². The van der Waals surface area contributed by atoms with Crippen molar-refractivity contribution in [2.45, 2.75) is 236 Å². The van der Waals surface area contributed by atoms with Crippen molar-refractivity contribution in [1.82, 2.24) is 0 Å². The summed E-state index contributed by atoms with van der Waals surface area (Å²) in [7, 11) is 3.77. The van der Waals surface area contributed by atoms with E-state index in [0.717, 1.165) is 0 Å². The Bertz CT molecular complexity index is 2920. The summed E-state index contributed by atoms with van der Waals surface area (Å²) in [6.45, 7) is 41.5. The second-order valence-corrected chi connectivity index (χ2v) is 40.8. The van der Waals surface area contributed by atoms with E-state index in [2.05, 4.69) is 203 Å². The number of aryl methyl sites for hydroxylation is 2. The maximum atomic E-state index is 8.61. The van der Waals surface area contributed by atoms with Crippen molar-refractivity contribution in [3.63, 3.8) is 0 Å². The van der Waals surface area contributed by atoms with E-state index in [1.807, 2.05) is 0 Å². The van der Waals surface area contributed by atoms with Crippen molar-refractivity contribution in [1.29, 1.82) is 0 Å². The first-order valence-electron chi connectivity index (χ1n) is 29.0. The molecule has 12 rings (SSSR count). The number of hydrogen-bond acceptors (Lipinski definition) is 1. The van der Waals surface area contributed by atoms with E-state index in [9.17, 15) is 0 Å². The predicted molar refractivity (Wildman–Crippen MR) is 311 cm³/mol. The number of rotatable bonds is 6. The fourth-order valence-corrected chi connectivity index (χ4v) is 33.2. The van der Waals surface area contributed by atoms with Gasteiger partial charge in [0.2, 0.25) is 0 Å². The molecule has 0 aromatic heterocycles. The lowest BCUT2D eigenvalue weighted by atomic mass is 9.40. The van der Waals surface area contributed by atoms with Crippen LogP contribution in [0.4, 0.5) is 0 Å². The minimum Gasteiger partial charge on any atom is -0.455 e. The van der Waals surface area contributed by atoms with Crippen LogP contribution in [-0.2, 0) is 51.5 Å². The first kappa shape index (κ1) is 50.5. The number of benzene rings is 4. The second kappa shape index (κ2) is 15.7. The van der Waals surface area contributed by atoms with Crippen molar-refractivity contribution in [2.75, 3.05) is 0 Å². The van der Waals surface area contributed by atoms with Gasteiger partial charge in [0.25, 0.3) is 0 Å². The normalized spacial score (nSPS) is 43.6. The molecule has 16 unspecified atom stereocenters. The van der Waals surface area contributed by atoms with Gasteiger partial charge in [-0.25, -0.2) is 0 Å². The molecule has 0 amide bonds. The molecule has 6 bridgehead atoms. The molecule has 0 aliphatic heterocycles. The maximum Gasteiger partial charge on any atom is 0.177 e. The van der Waals surface area contributed by atoms with E-state index < -0.39 is 16.6 Å². The summed E-state index contributed by atoms with van der Waals surface area (Å²) >= 11 is 0. The van der Waals surface area contributed by atoms with Crippen molar-refractivity contribution in [3.05, 3.63) is 140 Å². The summed E-state index contributed by atoms with van der Waals surface area (Å²) in [5.74, 6) is 2.27. The van der Waals surface area contributed by atoms with Crippen molar-refractivity contribution >= 4 is 37.1 Å². The lowest BCUT2D eigenvalue weighted by molar-refractivity contribution is -0.117. The molecule has 0 saturated heterocycles. The molecule has 6 radical (unpaired) electrons. The van der Waals surface area contributed by atoms with Gasteiger partial charge >= 0.3 is 0 Å². The highest BCUT2D eigenvalue weighted by molar-refractivity contribution is 6.86. The molecule has 4 fully saturated rings. The fourth-order valence-electron chi connectivity index (χ4n) is 20.8. The molecule has 4 aromatic carbocycles. The summed E-state index contributed by atoms with van der Waals surface area (Å²) < 4.78 is 8.61. The third kappa shape index (κ3) is 7.05. The Hall–Kier alpha value is -2.29. The molecular formula is C67H90OSi4. The molecule has 0 N–H and O–H groups in total. The van der Waals surface area contributed by atoms with Gasteiger partial charge < -0.3 is 4.12 Å². The van der Waals surface area contributed by atoms with E-state index >= 15 is 0 Å². The molecule has 1 nitrogen and oxygen atoms in total. The third-order valence-corrected chi connectivity index (χ3v) is 36.1. The maximum absolute atomic E-state index is 8.61. The molecule has 0 heterocycles. The first-order chi connectivity index (χ1) is 33.4. The van der Waals surface area contributed by atoms with Crippen LogP contribution >= 0.6 is 0 Å². The zero-order chi connectivity index (χ0) is 51.5. The molecule has 380 valence electrons. The van der Waals surface area contributed by atoms with Gasteiger partial charge in [0.1, 0.15) is 0 Å². The Balaban J connectivity index is 0.958. The monoisotopic (exact) mass is 1020 g/mol. The van der Waals surface area contributed by atoms with Crippen LogP contribution in [0.1, 0.15) is 193 Å². The van der Waals surface area contributed by atoms with Crippen LogP contribution in [0.25, 0.3) is 0 Å². The van der Waals surface area contributed by atoms with Crippen LogP contribution in [0.15, 0.2) is 72.8 Å². The molecule has 0 spiro atoms. The smallest absolute Gasteiger partial charge is 0.177 e. The Morgan fingerprint density at radius 2 is 0.875 bits per heavy atom. The van der Waals surface area contributed by atoms with Crippen molar-refractivity contribution < 1.29 is 4.12 Å². The summed E-state index contributed by atoms with van der Waals surface area (Å²) in [4.78, 5) is 0. The Morgan fingerprint density at radius 1 is 0.444 bits per heavy atom. The highest BCUT2D eigenvalue weighted by atomic mass is 28.4. The molecule has 5 heteroatoms. The highest BCUT2D eigenvalue weighted by Crippen LogP contribution is 2.72. The number of fused-ring (bicyclic) bond motifs is 15. The largest absolute Gasteiger partial charge is 0.455 e. The third-order valence-electron chi connectivity index (χ3n) is 24.8. The lowest BCUT2D eigenvalue weighted by Crippen LogP contribution is -2.62. The van der Waals surface area contributed by atoms with E-state index in [1.165, 1.54) is 81.8 Å². The van der Waals surface area contributed by atoms with Gasteiger partial charge in [-0.05, 0) is 255 Å². The highest BCUT2D eigenvalue weighted by Gasteiger charge is 2.65. The molecule has 4 saturated carbocycles. The van der Waals surface area contributed by atoms with E-state index in [-0.39, 0.29) is 32.5 Å². The van der Waals surface area contributed by atoms with Crippen LogP contribution in [-0.4, -0.2) is 37.1 Å². The number of hydrogen-bond donors (Lipinski definition) is 0. The first-order valence-corrected chi connectivity index (χ1v) is 36.1. The van der Waals surface area contributed by atoms with Gasteiger partial charge in [-0.3, -0.25) is 0 Å². The lowest BCUT2D eigenvalue weighted by Gasteiger charge is -2.68. The van der Waals surface area contributed by atoms with E-state index in [0.29, 0.717) is 56.7 Å². The fraction of sp³-hybridized carbons (Fsp3) is 0.642. The average Bonchev–Trinajstić information content (AvgIpc) is 3.53. The van der Waals surface area contributed by atoms with E-state index in [1.54, 1.807) is 55.6 Å². The van der Waals surface area contributed by atoms with Gasteiger partial charge in [0, 0.05) is 20.5 Å². The van der Waals surface area contributed by atoms with Gasteiger partial charge in [0.05, 0.1) is 0 Å². The zero-order valence-electron chi connectivity index (χ0n) is 47.7. The van der Waals surface area contributed by atoms with Gasteiger partial charge in [0.15, 0.2) is 16.6 Å². The summed E-state index contributed by atoms with van der Waals surface area (Å²) in [6.07, 6.45) is 13.4. The van der Waals surface area contributed by atoms with Crippen LogP contribution < -0.4 is 0 Å². The van der Waals surface area contributed by atoms with Crippen molar-refractivity contribution in [3.8, 4) is 0 Å². The minimum atomic E-state index is -2.46. The summed E-state index contributed by atoms with van der Waals surface area (Å²) in [5, 5.41) is 0. The molecule has 16 atom stereocenters. The molecular weight excluding hydrogens is 933 g/mol. The van der Waals surface area contributed by atoms with Crippen LogP contribution in [0.2, 0.25) is 48.4 Å². The predicted octanol–water partition coefficient (Wildman–Crippen LogP) is 17.0. The molecule has 4 aromatic rings. The molecule has 8 aliphatic rings. The van der Waals surface area contributed by atoms with E-state index in [4.69, 9.17) is 4.12 Å². The zero-order valence-corrected chi connectivity index (χ0v) is 51.7. The summed E-state index contributed by atoms with van der Waals surface area (Å²) in [6, 6.07) is 31.1. The standard InChI is InChI=1S/C67H90OSi4/c1-40-17-23-52-54(25-40)61(6)33-50(44-19-21-46-29-60(5)37-65(10,30-48(46)27-44)58(69)42(60)3)56(35-63(52,8)38-61)71(13,14)68-72(15,16)57-36-64(9)39-62(7,55-26-41(2)18-24-53(55)64)34-51(57)45-20-22-47-31-66(11)43(4)59(70)67(66,12)32-49(47)28-45/h17-28,42-43,50-51,56-59H,29-39H2,1-16H3. The Morgan fingerprint density at radius 3 is 1.38 bits per heavy atom. The molecule has 72 heavy (non-hydrogen) atoms. The molecule has 8 aliphatic carbocycles. The summed E-state index contributed by atoms with van der Waals surface area (Å²) in [5.41, 5.74) is 22.9. The average molecular weight is 1020 g/mol. The Labute approximate surface area is 447 Å². The quantitative estimate of drug-likeness (QED) is 0.175.